The van der Waals surface area contributed by atoms with Crippen LogP contribution >= 0.6 is 12.2 Å². The van der Waals surface area contributed by atoms with Gasteiger partial charge in [0.25, 0.3) is 0 Å². The largest absolute Gasteiger partial charge is 0.497 e. The van der Waals surface area contributed by atoms with Crippen molar-refractivity contribution in [3.05, 3.63) is 54.1 Å². The molecule has 0 aliphatic carbocycles. The van der Waals surface area contributed by atoms with Crippen LogP contribution in [0, 0.1) is 0 Å². The van der Waals surface area contributed by atoms with Gasteiger partial charge in [0.05, 0.1) is 46.1 Å². The van der Waals surface area contributed by atoms with Crippen LogP contribution in [-0.4, -0.2) is 50.4 Å². The van der Waals surface area contributed by atoms with Gasteiger partial charge in [-0.1, -0.05) is 30.3 Å². The van der Waals surface area contributed by atoms with Crippen molar-refractivity contribution >= 4 is 23.0 Å². The van der Waals surface area contributed by atoms with Crippen LogP contribution in [0.2, 0.25) is 0 Å². The van der Waals surface area contributed by atoms with Crippen LogP contribution in [0.1, 0.15) is 5.56 Å². The average Bonchev–Trinajstić information content (AvgIpc) is 2.69. The number of quaternary nitrogens is 1. The molecule has 1 aliphatic rings. The average molecular weight is 373 g/mol. The summed E-state index contributed by atoms with van der Waals surface area (Å²) in [5.74, 6) is 1.48. The number of nitrogens with zero attached hydrogens (tertiary/aromatic N) is 1. The zero-order valence-corrected chi connectivity index (χ0v) is 16.1. The highest BCUT2D eigenvalue weighted by molar-refractivity contribution is 7.80. The molecule has 1 fully saturated rings. The summed E-state index contributed by atoms with van der Waals surface area (Å²) < 4.78 is 10.7. The minimum Gasteiger partial charge on any atom is -0.497 e. The third-order valence-electron chi connectivity index (χ3n) is 4.71. The summed E-state index contributed by atoms with van der Waals surface area (Å²) in [6.07, 6.45) is 0. The number of piperazine rings is 1. The molecule has 2 aromatic carbocycles. The first-order chi connectivity index (χ1) is 12.7. The van der Waals surface area contributed by atoms with Crippen molar-refractivity contribution in [3.63, 3.8) is 0 Å². The molecule has 1 heterocycles. The van der Waals surface area contributed by atoms with E-state index in [9.17, 15) is 0 Å². The molecular formula is C20H26N3O2S+. The molecule has 2 aromatic rings. The molecule has 0 radical (unpaired) electrons. The van der Waals surface area contributed by atoms with Crippen LogP contribution in [0.5, 0.6) is 11.5 Å². The number of rotatable bonds is 5. The fraction of sp³-hybridized carbons (Fsp3) is 0.350. The highest BCUT2D eigenvalue weighted by atomic mass is 32.1. The summed E-state index contributed by atoms with van der Waals surface area (Å²) >= 11 is 5.61. The molecule has 138 valence electrons. The van der Waals surface area contributed by atoms with Gasteiger partial charge in [-0.2, -0.15) is 0 Å². The molecule has 1 saturated heterocycles. The van der Waals surface area contributed by atoms with Crippen LogP contribution in [-0.2, 0) is 6.54 Å². The highest BCUT2D eigenvalue weighted by Gasteiger charge is 2.22. The Balaban J connectivity index is 1.54. The number of nitrogens with one attached hydrogen (secondary N) is 2. The molecule has 3 rings (SSSR count). The molecule has 6 heteroatoms. The Kier molecular flexibility index (Phi) is 6.30. The fourth-order valence-corrected chi connectivity index (χ4v) is 3.48. The van der Waals surface area contributed by atoms with Crippen LogP contribution in [0.4, 0.5) is 5.69 Å². The van der Waals surface area contributed by atoms with E-state index in [0.29, 0.717) is 0 Å². The second-order valence-corrected chi connectivity index (χ2v) is 6.78. The van der Waals surface area contributed by atoms with Gasteiger partial charge in [-0.15, -0.1) is 0 Å². The number of benzene rings is 2. The predicted molar refractivity (Wildman–Crippen MR) is 108 cm³/mol. The number of methoxy groups -OCH3 is 2. The smallest absolute Gasteiger partial charge is 0.173 e. The van der Waals surface area contributed by atoms with E-state index in [1.54, 1.807) is 19.1 Å². The van der Waals surface area contributed by atoms with E-state index in [4.69, 9.17) is 21.7 Å². The Morgan fingerprint density at radius 1 is 1.08 bits per heavy atom. The third kappa shape index (κ3) is 4.65. The maximum atomic E-state index is 5.61. The van der Waals surface area contributed by atoms with Crippen molar-refractivity contribution in [3.8, 4) is 11.5 Å². The molecule has 0 spiro atoms. The van der Waals surface area contributed by atoms with Gasteiger partial charge in [0, 0.05) is 11.6 Å². The summed E-state index contributed by atoms with van der Waals surface area (Å²) in [4.78, 5) is 3.82. The normalized spacial score (nSPS) is 14.8. The second-order valence-electron chi connectivity index (χ2n) is 6.40. The second kappa shape index (κ2) is 8.87. The minimum atomic E-state index is 0.722. The number of hydrogen-bond donors (Lipinski definition) is 2. The number of anilines is 1. The molecule has 0 amide bonds. The van der Waals surface area contributed by atoms with E-state index in [0.717, 1.165) is 55.0 Å². The number of ether oxygens (including phenoxy) is 2. The van der Waals surface area contributed by atoms with Gasteiger partial charge in [0.15, 0.2) is 5.11 Å². The third-order valence-corrected chi connectivity index (χ3v) is 5.07. The van der Waals surface area contributed by atoms with Gasteiger partial charge < -0.3 is 24.6 Å². The van der Waals surface area contributed by atoms with E-state index in [2.05, 4.69) is 40.5 Å². The van der Waals surface area contributed by atoms with Gasteiger partial charge >= 0.3 is 0 Å². The fourth-order valence-electron chi connectivity index (χ4n) is 3.18. The van der Waals surface area contributed by atoms with Crippen molar-refractivity contribution in [2.24, 2.45) is 0 Å². The molecule has 2 N–H and O–H groups in total. The maximum Gasteiger partial charge on any atom is 0.173 e. The van der Waals surface area contributed by atoms with Crippen molar-refractivity contribution in [2.75, 3.05) is 45.7 Å². The lowest BCUT2D eigenvalue weighted by molar-refractivity contribution is -0.917. The van der Waals surface area contributed by atoms with Gasteiger partial charge in [-0.05, 0) is 24.4 Å². The monoisotopic (exact) mass is 372 g/mol. The van der Waals surface area contributed by atoms with E-state index in [1.165, 1.54) is 5.56 Å². The lowest BCUT2D eigenvalue weighted by Gasteiger charge is -2.34. The highest BCUT2D eigenvalue weighted by Crippen LogP contribution is 2.29. The molecular weight excluding hydrogens is 346 g/mol. The number of thiocarbonyl (C=S) groups is 1. The Hall–Kier alpha value is -2.31. The molecule has 0 aromatic heterocycles. The molecule has 26 heavy (non-hydrogen) atoms. The van der Waals surface area contributed by atoms with Crippen LogP contribution in [0.15, 0.2) is 48.5 Å². The van der Waals surface area contributed by atoms with Gasteiger partial charge in [0.2, 0.25) is 0 Å². The zero-order chi connectivity index (χ0) is 18.4. The minimum absolute atomic E-state index is 0.722. The van der Waals surface area contributed by atoms with Crippen LogP contribution in [0.3, 0.4) is 0 Å². The Bertz CT molecular complexity index is 731. The standard InChI is InChI=1S/C20H25N3O2S/c1-24-17-8-9-18(19(14-17)25-2)21-20(26)23-12-10-22(11-13-23)15-16-6-4-3-5-7-16/h3-9,14H,10-13,15H2,1-2H3,(H,21,26)/p+1. The topological polar surface area (TPSA) is 38.2 Å². The molecule has 1 aliphatic heterocycles. The van der Waals surface area contributed by atoms with Crippen LogP contribution < -0.4 is 19.7 Å². The quantitative estimate of drug-likeness (QED) is 0.783. The Labute approximate surface area is 160 Å². The summed E-state index contributed by atoms with van der Waals surface area (Å²) in [6, 6.07) is 16.3. The van der Waals surface area contributed by atoms with E-state index in [-0.39, 0.29) is 0 Å². The molecule has 0 bridgehead atoms. The van der Waals surface area contributed by atoms with Crippen molar-refractivity contribution in [1.29, 1.82) is 0 Å². The summed E-state index contributed by atoms with van der Waals surface area (Å²) in [5.41, 5.74) is 2.25. The summed E-state index contributed by atoms with van der Waals surface area (Å²) in [5, 5.41) is 4.06. The van der Waals surface area contributed by atoms with Crippen molar-refractivity contribution in [1.82, 2.24) is 4.90 Å². The first-order valence-electron chi connectivity index (χ1n) is 8.85. The molecule has 5 nitrogen and oxygen atoms in total. The van der Waals surface area contributed by atoms with Crippen LogP contribution in [0.25, 0.3) is 0 Å². The zero-order valence-electron chi connectivity index (χ0n) is 15.3. The van der Waals surface area contributed by atoms with Gasteiger partial charge in [-0.3, -0.25) is 0 Å². The lowest BCUT2D eigenvalue weighted by atomic mass is 10.2. The SMILES string of the molecule is COc1ccc(NC(=S)N2CC[NH+](Cc3ccccc3)CC2)c(OC)c1. The van der Waals surface area contributed by atoms with Crippen molar-refractivity contribution in [2.45, 2.75) is 6.54 Å². The van der Waals surface area contributed by atoms with Gasteiger partial charge in [-0.25, -0.2) is 0 Å². The Morgan fingerprint density at radius 2 is 1.81 bits per heavy atom. The first kappa shape index (κ1) is 18.5. The van der Waals surface area contributed by atoms with E-state index in [1.807, 2.05) is 18.2 Å². The van der Waals surface area contributed by atoms with Crippen molar-refractivity contribution < 1.29 is 14.4 Å². The maximum absolute atomic E-state index is 5.61. The Morgan fingerprint density at radius 3 is 2.46 bits per heavy atom. The molecule has 0 saturated carbocycles. The molecule has 0 unspecified atom stereocenters. The predicted octanol–water partition coefficient (Wildman–Crippen LogP) is 1.80. The summed E-state index contributed by atoms with van der Waals surface area (Å²) in [6.45, 7) is 5.13. The van der Waals surface area contributed by atoms with E-state index < -0.39 is 0 Å². The number of hydrogen-bond acceptors (Lipinski definition) is 3. The lowest BCUT2D eigenvalue weighted by Crippen LogP contribution is -3.13. The summed E-state index contributed by atoms with van der Waals surface area (Å²) in [7, 11) is 3.29. The van der Waals surface area contributed by atoms with E-state index >= 15 is 0 Å². The first-order valence-corrected chi connectivity index (χ1v) is 9.26. The van der Waals surface area contributed by atoms with Gasteiger partial charge in [0.1, 0.15) is 18.0 Å². The molecule has 0 atom stereocenters.